The molecule has 0 aromatic carbocycles. The molecule has 1 saturated heterocycles. The molecule has 0 radical (unpaired) electrons. The summed E-state index contributed by atoms with van der Waals surface area (Å²) < 4.78 is 0. The highest BCUT2D eigenvalue weighted by molar-refractivity contribution is 5.96. The van der Waals surface area contributed by atoms with Crippen LogP contribution in [-0.4, -0.2) is 64.9 Å². The molecule has 0 spiro atoms. The van der Waals surface area contributed by atoms with E-state index in [9.17, 15) is 9.59 Å². The monoisotopic (exact) mass is 396 g/mol. The minimum Gasteiger partial charge on any atom is -0.350 e. The van der Waals surface area contributed by atoms with E-state index in [-0.39, 0.29) is 23.8 Å². The third-order valence-electron chi connectivity index (χ3n) is 4.94. The molecule has 1 unspecified atom stereocenters. The number of hydrogen-bond acceptors (Lipinski definition) is 6. The van der Waals surface area contributed by atoms with Crippen LogP contribution in [0.3, 0.4) is 0 Å². The molecule has 2 aromatic heterocycles. The first-order chi connectivity index (χ1) is 13.8. The Morgan fingerprint density at radius 3 is 2.69 bits per heavy atom. The van der Waals surface area contributed by atoms with Crippen LogP contribution in [0.5, 0.6) is 0 Å². The predicted molar refractivity (Wildman–Crippen MR) is 111 cm³/mol. The van der Waals surface area contributed by atoms with Crippen molar-refractivity contribution in [2.45, 2.75) is 39.2 Å². The first-order valence-electron chi connectivity index (χ1n) is 9.84. The normalized spacial score (nSPS) is 16.2. The number of hydrogen-bond donors (Lipinski definition) is 1. The number of amides is 2. The number of nitrogens with one attached hydrogen (secondary N) is 1. The molecule has 3 rings (SSSR count). The summed E-state index contributed by atoms with van der Waals surface area (Å²) in [4.78, 5) is 42.5. The summed E-state index contributed by atoms with van der Waals surface area (Å²) in [6.07, 6.45) is 3.96. The molecule has 0 aliphatic carbocycles. The fraction of sp³-hybridized carbons (Fsp3) is 0.476. The van der Waals surface area contributed by atoms with Gasteiger partial charge in [-0.05, 0) is 38.8 Å². The van der Waals surface area contributed by atoms with Gasteiger partial charge in [0.25, 0.3) is 11.8 Å². The van der Waals surface area contributed by atoms with Crippen LogP contribution in [0.2, 0.25) is 0 Å². The van der Waals surface area contributed by atoms with Crippen LogP contribution in [-0.2, 0) is 0 Å². The van der Waals surface area contributed by atoms with E-state index in [2.05, 4.69) is 20.3 Å². The van der Waals surface area contributed by atoms with Gasteiger partial charge in [0.1, 0.15) is 5.69 Å². The van der Waals surface area contributed by atoms with Gasteiger partial charge in [0.15, 0.2) is 0 Å². The smallest absolute Gasteiger partial charge is 0.272 e. The molecule has 29 heavy (non-hydrogen) atoms. The Hall–Kier alpha value is -3.03. The van der Waals surface area contributed by atoms with Crippen LogP contribution in [0.25, 0.3) is 0 Å². The summed E-state index contributed by atoms with van der Waals surface area (Å²) >= 11 is 0. The zero-order chi connectivity index (χ0) is 21.1. The maximum Gasteiger partial charge on any atom is 0.272 e. The van der Waals surface area contributed by atoms with Gasteiger partial charge in [-0.3, -0.25) is 14.6 Å². The quantitative estimate of drug-likeness (QED) is 0.831. The number of nitrogens with zero attached hydrogens (tertiary/aromatic N) is 5. The number of likely N-dealkylation sites (tertiary alicyclic amines) is 1. The number of pyridine rings is 1. The van der Waals surface area contributed by atoms with E-state index in [1.807, 2.05) is 51.9 Å². The predicted octanol–water partition coefficient (Wildman–Crippen LogP) is 2.01. The van der Waals surface area contributed by atoms with Crippen LogP contribution in [0.15, 0.2) is 24.5 Å². The molecule has 0 saturated carbocycles. The van der Waals surface area contributed by atoms with Crippen molar-refractivity contribution in [1.82, 2.24) is 25.2 Å². The lowest BCUT2D eigenvalue weighted by Gasteiger charge is -2.20. The second-order valence-electron chi connectivity index (χ2n) is 7.90. The van der Waals surface area contributed by atoms with Crippen molar-refractivity contribution < 1.29 is 9.59 Å². The van der Waals surface area contributed by atoms with Gasteiger partial charge < -0.3 is 15.1 Å². The Morgan fingerprint density at radius 2 is 2.03 bits per heavy atom. The van der Waals surface area contributed by atoms with Crippen LogP contribution in [0.1, 0.15) is 58.3 Å². The Kier molecular flexibility index (Phi) is 6.10. The minimum atomic E-state index is -0.189. The van der Waals surface area contributed by atoms with Crippen molar-refractivity contribution in [2.24, 2.45) is 0 Å². The summed E-state index contributed by atoms with van der Waals surface area (Å²) in [5.41, 5.74) is 2.49. The minimum absolute atomic E-state index is 0.0117. The van der Waals surface area contributed by atoms with Crippen molar-refractivity contribution in [2.75, 3.05) is 32.1 Å². The standard InChI is InChI=1S/C21H28N6O2/c1-13(2)24-19(28)16-11-23-21(26(4)5)25-18(16)15-8-10-27(12-15)20(29)17-14(3)7-6-9-22-17/h6-7,9,11,13,15H,8,10,12H2,1-5H3,(H,24,28). The molecule has 1 N–H and O–H groups in total. The summed E-state index contributed by atoms with van der Waals surface area (Å²) in [5, 5.41) is 2.92. The second-order valence-corrected chi connectivity index (χ2v) is 7.90. The molecule has 2 amide bonds. The molecule has 1 aliphatic rings. The fourth-order valence-corrected chi connectivity index (χ4v) is 3.45. The van der Waals surface area contributed by atoms with Gasteiger partial charge in [0, 0.05) is 51.5 Å². The number of carbonyl (C=O) groups is 2. The molecule has 154 valence electrons. The number of aromatic nitrogens is 3. The van der Waals surface area contributed by atoms with E-state index >= 15 is 0 Å². The average Bonchev–Trinajstić information content (AvgIpc) is 3.17. The van der Waals surface area contributed by atoms with Gasteiger partial charge in [-0.15, -0.1) is 0 Å². The molecule has 1 fully saturated rings. The van der Waals surface area contributed by atoms with E-state index in [0.717, 1.165) is 12.0 Å². The molecular weight excluding hydrogens is 368 g/mol. The van der Waals surface area contributed by atoms with Crippen LogP contribution in [0, 0.1) is 6.92 Å². The first-order valence-corrected chi connectivity index (χ1v) is 9.84. The van der Waals surface area contributed by atoms with Crippen LogP contribution >= 0.6 is 0 Å². The highest BCUT2D eigenvalue weighted by Crippen LogP contribution is 2.30. The van der Waals surface area contributed by atoms with E-state index in [0.29, 0.717) is 36.0 Å². The average molecular weight is 396 g/mol. The van der Waals surface area contributed by atoms with Gasteiger partial charge >= 0.3 is 0 Å². The SMILES string of the molecule is Cc1cccnc1C(=O)N1CCC(c2nc(N(C)C)ncc2C(=O)NC(C)C)C1. The van der Waals surface area contributed by atoms with E-state index in [1.54, 1.807) is 17.3 Å². The molecule has 8 heteroatoms. The largest absolute Gasteiger partial charge is 0.350 e. The molecule has 8 nitrogen and oxygen atoms in total. The maximum atomic E-state index is 12.9. The maximum absolute atomic E-state index is 12.9. The lowest BCUT2D eigenvalue weighted by molar-refractivity contribution is 0.0784. The Balaban J connectivity index is 1.88. The Bertz CT molecular complexity index is 912. The van der Waals surface area contributed by atoms with Crippen molar-refractivity contribution in [3.8, 4) is 0 Å². The zero-order valence-electron chi connectivity index (χ0n) is 17.6. The van der Waals surface area contributed by atoms with E-state index in [4.69, 9.17) is 0 Å². The molecule has 1 atom stereocenters. The molecular formula is C21H28N6O2. The van der Waals surface area contributed by atoms with Gasteiger partial charge in [0.2, 0.25) is 5.95 Å². The van der Waals surface area contributed by atoms with Crippen molar-refractivity contribution in [1.29, 1.82) is 0 Å². The third kappa shape index (κ3) is 4.52. The Morgan fingerprint density at radius 1 is 1.28 bits per heavy atom. The number of anilines is 1. The first kappa shape index (κ1) is 20.7. The van der Waals surface area contributed by atoms with E-state index < -0.39 is 0 Å². The van der Waals surface area contributed by atoms with Gasteiger partial charge in [-0.25, -0.2) is 9.97 Å². The molecule has 3 heterocycles. The van der Waals surface area contributed by atoms with Crippen molar-refractivity contribution >= 4 is 17.8 Å². The number of aryl methyl sites for hydroxylation is 1. The third-order valence-corrected chi connectivity index (χ3v) is 4.94. The lowest BCUT2D eigenvalue weighted by Crippen LogP contribution is -2.33. The summed E-state index contributed by atoms with van der Waals surface area (Å²) in [6, 6.07) is 3.72. The van der Waals surface area contributed by atoms with Crippen LogP contribution < -0.4 is 10.2 Å². The fourth-order valence-electron chi connectivity index (χ4n) is 3.45. The molecule has 0 bridgehead atoms. The topological polar surface area (TPSA) is 91.3 Å². The summed E-state index contributed by atoms with van der Waals surface area (Å²) in [5.74, 6) is 0.246. The van der Waals surface area contributed by atoms with Crippen molar-refractivity contribution in [3.63, 3.8) is 0 Å². The zero-order valence-corrected chi connectivity index (χ0v) is 17.6. The molecule has 2 aromatic rings. The second kappa shape index (κ2) is 8.55. The highest BCUT2D eigenvalue weighted by Gasteiger charge is 2.33. The highest BCUT2D eigenvalue weighted by atomic mass is 16.2. The van der Waals surface area contributed by atoms with E-state index in [1.165, 1.54) is 0 Å². The summed E-state index contributed by atoms with van der Waals surface area (Å²) in [6.45, 7) is 6.82. The van der Waals surface area contributed by atoms with Gasteiger partial charge in [-0.2, -0.15) is 0 Å². The Labute approximate surface area is 171 Å². The number of rotatable bonds is 5. The van der Waals surface area contributed by atoms with Crippen LogP contribution in [0.4, 0.5) is 5.95 Å². The van der Waals surface area contributed by atoms with Gasteiger partial charge in [-0.1, -0.05) is 6.07 Å². The molecule has 1 aliphatic heterocycles. The lowest BCUT2D eigenvalue weighted by atomic mass is 9.99. The van der Waals surface area contributed by atoms with Gasteiger partial charge in [0.05, 0.1) is 11.3 Å². The van der Waals surface area contributed by atoms with Crippen molar-refractivity contribution in [3.05, 3.63) is 47.0 Å². The summed E-state index contributed by atoms with van der Waals surface area (Å²) in [7, 11) is 3.72. The number of carbonyl (C=O) groups excluding carboxylic acids is 2.